The Labute approximate surface area is 100 Å². The smallest absolute Gasteiger partial charge is 0.0614 e. The fourth-order valence-electron chi connectivity index (χ4n) is 1.04. The maximum Gasteiger partial charge on any atom is 0.0614 e. The van der Waals surface area contributed by atoms with Gasteiger partial charge >= 0.3 is 0 Å². The lowest BCUT2D eigenvalue weighted by molar-refractivity contribution is 1.36. The predicted octanol–water partition coefficient (Wildman–Crippen LogP) is 3.89. The van der Waals surface area contributed by atoms with Crippen LogP contribution in [0.25, 0.3) is 0 Å². The highest BCUT2D eigenvalue weighted by Gasteiger charge is 1.98. The SMILES string of the molecule is [2H]C([2H])([2H])C(=C)/C(C)=C\C(=N)c1ccc(C([2H])([2H])[2H])cc1. The van der Waals surface area contributed by atoms with Crippen LogP contribution in [0.1, 0.15) is 33.1 Å². The summed E-state index contributed by atoms with van der Waals surface area (Å²) in [6.45, 7) is 0.636. The van der Waals surface area contributed by atoms with E-state index in [1.54, 1.807) is 6.92 Å². The minimum atomic E-state index is -2.29. The van der Waals surface area contributed by atoms with Crippen LogP contribution in [0.5, 0.6) is 0 Å². The van der Waals surface area contributed by atoms with Gasteiger partial charge in [-0.25, -0.2) is 0 Å². The van der Waals surface area contributed by atoms with E-state index < -0.39 is 13.7 Å². The zero-order valence-electron chi connectivity index (χ0n) is 14.6. The highest BCUT2D eigenvalue weighted by Crippen LogP contribution is 2.09. The van der Waals surface area contributed by atoms with Crippen LogP contribution >= 0.6 is 0 Å². The molecule has 0 saturated carbocycles. The first-order valence-corrected chi connectivity index (χ1v) is 4.50. The first kappa shape index (κ1) is 5.45. The van der Waals surface area contributed by atoms with Crippen molar-refractivity contribution in [1.82, 2.24) is 0 Å². The van der Waals surface area contributed by atoms with Crippen molar-refractivity contribution in [2.24, 2.45) is 0 Å². The Bertz CT molecular complexity index is 575. The Hall–Kier alpha value is -1.63. The second kappa shape index (κ2) is 4.74. The minimum absolute atomic E-state index is 0.00800. The monoisotopic (exact) mass is 205 g/mol. The molecule has 0 fully saturated rings. The molecule has 0 aliphatic heterocycles. The zero-order valence-corrected chi connectivity index (χ0v) is 8.59. The van der Waals surface area contributed by atoms with Gasteiger partial charge in [0.05, 0.1) is 5.71 Å². The molecule has 78 valence electrons. The predicted molar refractivity (Wildman–Crippen MR) is 66.6 cm³/mol. The van der Waals surface area contributed by atoms with Crippen LogP contribution in [0.4, 0.5) is 0 Å². The fourth-order valence-corrected chi connectivity index (χ4v) is 1.04. The van der Waals surface area contributed by atoms with Crippen molar-refractivity contribution in [3.05, 3.63) is 59.2 Å². The largest absolute Gasteiger partial charge is 0.300 e. The third kappa shape index (κ3) is 3.21. The second-order valence-corrected chi connectivity index (χ2v) is 3.30. The standard InChI is InChI=1S/C14H17N/c1-10(2)12(4)9-14(15)13-7-5-11(3)6-8-13/h5-9,15H,1H2,2-4H3/b12-9-,15-14?/i2D3,3D3. The van der Waals surface area contributed by atoms with Crippen molar-refractivity contribution in [3.63, 3.8) is 0 Å². The summed E-state index contributed by atoms with van der Waals surface area (Å²) in [5.41, 5.74) is 1.22. The summed E-state index contributed by atoms with van der Waals surface area (Å²) < 4.78 is 43.7. The van der Waals surface area contributed by atoms with Crippen molar-refractivity contribution in [2.75, 3.05) is 0 Å². The molecule has 0 atom stereocenters. The molecule has 1 N–H and O–H groups in total. The number of nitrogens with one attached hydrogen (secondary N) is 1. The van der Waals surface area contributed by atoms with Crippen molar-refractivity contribution in [1.29, 1.82) is 5.41 Å². The average Bonchev–Trinajstić information content (AvgIpc) is 2.35. The van der Waals surface area contributed by atoms with E-state index in [1.165, 1.54) is 30.3 Å². The number of hydrogen-bond donors (Lipinski definition) is 1. The van der Waals surface area contributed by atoms with Crippen molar-refractivity contribution >= 4 is 5.71 Å². The molecule has 0 aliphatic carbocycles. The average molecular weight is 205 g/mol. The van der Waals surface area contributed by atoms with Gasteiger partial charge in [0.25, 0.3) is 0 Å². The van der Waals surface area contributed by atoms with Gasteiger partial charge in [-0.2, -0.15) is 0 Å². The molecule has 0 amide bonds. The molecule has 1 rings (SSSR count). The summed E-state index contributed by atoms with van der Waals surface area (Å²) in [4.78, 5) is 0. The van der Waals surface area contributed by atoms with Crippen LogP contribution in [-0.4, -0.2) is 5.71 Å². The molecule has 0 aromatic heterocycles. The van der Waals surface area contributed by atoms with E-state index in [-0.39, 0.29) is 16.8 Å². The Balaban J connectivity index is 2.98. The molecule has 0 unspecified atom stereocenters. The van der Waals surface area contributed by atoms with Gasteiger partial charge in [0.2, 0.25) is 0 Å². The van der Waals surface area contributed by atoms with Gasteiger partial charge in [0.1, 0.15) is 0 Å². The number of hydrogen-bond acceptors (Lipinski definition) is 1. The van der Waals surface area contributed by atoms with E-state index in [0.717, 1.165) is 0 Å². The van der Waals surface area contributed by atoms with E-state index in [2.05, 4.69) is 6.58 Å². The molecule has 0 saturated heterocycles. The Morgan fingerprint density at radius 2 is 2.07 bits per heavy atom. The molecule has 15 heavy (non-hydrogen) atoms. The Morgan fingerprint density at radius 3 is 2.60 bits per heavy atom. The molecule has 0 aliphatic rings. The van der Waals surface area contributed by atoms with E-state index in [9.17, 15) is 0 Å². The van der Waals surface area contributed by atoms with Gasteiger partial charge in [-0.15, -0.1) is 0 Å². The molecule has 1 aromatic rings. The molecular weight excluding hydrogens is 182 g/mol. The summed E-state index contributed by atoms with van der Waals surface area (Å²) in [5.74, 6) is 0. The molecule has 1 nitrogen and oxygen atoms in total. The third-order valence-corrected chi connectivity index (χ3v) is 2.03. The number of rotatable bonds is 3. The van der Waals surface area contributed by atoms with E-state index in [4.69, 9.17) is 13.6 Å². The summed E-state index contributed by atoms with van der Waals surface area (Å²) in [6.07, 6.45) is 1.42. The van der Waals surface area contributed by atoms with Gasteiger partial charge in [0.15, 0.2) is 0 Å². The Kier molecular flexibility index (Phi) is 1.72. The molecular formula is C14H17N. The van der Waals surface area contributed by atoms with Gasteiger partial charge in [-0.3, -0.25) is 0 Å². The highest BCUT2D eigenvalue weighted by molar-refractivity contribution is 6.07. The summed E-state index contributed by atoms with van der Waals surface area (Å²) in [7, 11) is 0. The Morgan fingerprint density at radius 1 is 1.40 bits per heavy atom. The fraction of sp³-hybridized carbons (Fsp3) is 0.214. The van der Waals surface area contributed by atoms with Crippen LogP contribution in [0, 0.1) is 12.3 Å². The summed E-state index contributed by atoms with van der Waals surface area (Å²) >= 11 is 0. The number of aryl methyl sites for hydroxylation is 1. The lowest BCUT2D eigenvalue weighted by atomic mass is 10.0. The zero-order chi connectivity index (χ0) is 16.4. The third-order valence-electron chi connectivity index (χ3n) is 2.03. The topological polar surface area (TPSA) is 23.9 Å². The minimum Gasteiger partial charge on any atom is -0.300 e. The number of benzene rings is 1. The molecule has 1 heteroatoms. The van der Waals surface area contributed by atoms with Crippen LogP contribution in [0.2, 0.25) is 0 Å². The van der Waals surface area contributed by atoms with Crippen molar-refractivity contribution in [3.8, 4) is 0 Å². The van der Waals surface area contributed by atoms with Gasteiger partial charge in [0, 0.05) is 8.22 Å². The maximum absolute atomic E-state index is 7.94. The molecule has 0 heterocycles. The van der Waals surface area contributed by atoms with Gasteiger partial charge in [-0.05, 0) is 37.8 Å². The molecule has 0 radical (unpaired) electrons. The molecule has 1 aromatic carbocycles. The lowest BCUT2D eigenvalue weighted by Gasteiger charge is -2.02. The van der Waals surface area contributed by atoms with Crippen LogP contribution in [0.15, 0.2) is 48.1 Å². The van der Waals surface area contributed by atoms with E-state index in [1.807, 2.05) is 0 Å². The summed E-state index contributed by atoms with van der Waals surface area (Å²) in [5, 5.41) is 7.94. The molecule has 0 spiro atoms. The van der Waals surface area contributed by atoms with Gasteiger partial charge in [-0.1, -0.05) is 42.0 Å². The van der Waals surface area contributed by atoms with Crippen LogP contribution in [-0.2, 0) is 0 Å². The highest BCUT2D eigenvalue weighted by atomic mass is 14.4. The lowest BCUT2D eigenvalue weighted by Crippen LogP contribution is -1.96. The number of allylic oxidation sites excluding steroid dienone is 3. The maximum atomic E-state index is 7.94. The molecule has 0 bridgehead atoms. The van der Waals surface area contributed by atoms with E-state index >= 15 is 0 Å². The first-order chi connectivity index (χ1) is 9.43. The quantitative estimate of drug-likeness (QED) is 0.572. The normalized spacial score (nSPS) is 18.9. The van der Waals surface area contributed by atoms with Crippen molar-refractivity contribution < 1.29 is 8.22 Å². The van der Waals surface area contributed by atoms with Crippen molar-refractivity contribution in [2.45, 2.75) is 20.6 Å². The van der Waals surface area contributed by atoms with Gasteiger partial charge < -0.3 is 5.41 Å². The van der Waals surface area contributed by atoms with Crippen LogP contribution in [0.3, 0.4) is 0 Å². The second-order valence-electron chi connectivity index (χ2n) is 3.30. The summed E-state index contributed by atoms with van der Waals surface area (Å²) in [6, 6.07) is 5.95. The van der Waals surface area contributed by atoms with Crippen LogP contribution < -0.4 is 0 Å². The first-order valence-electron chi connectivity index (χ1n) is 7.50. The van der Waals surface area contributed by atoms with E-state index in [0.29, 0.717) is 11.1 Å².